The zero-order valence-corrected chi connectivity index (χ0v) is 21.5. The lowest BCUT2D eigenvalue weighted by Gasteiger charge is -2.32. The number of carbonyl (C=O) groups excluding carboxylic acids is 2. The molecule has 1 aliphatic heterocycles. The van der Waals surface area contributed by atoms with Crippen LogP contribution in [0.25, 0.3) is 21.9 Å². The van der Waals surface area contributed by atoms with Gasteiger partial charge in [-0.3, -0.25) is 15.0 Å². The van der Waals surface area contributed by atoms with E-state index < -0.39 is 6.03 Å². The number of halogens is 1. The van der Waals surface area contributed by atoms with Crippen molar-refractivity contribution in [3.8, 4) is 16.9 Å². The fourth-order valence-electron chi connectivity index (χ4n) is 4.23. The molecule has 3 aromatic carbocycles. The van der Waals surface area contributed by atoms with E-state index in [9.17, 15) is 9.59 Å². The molecule has 0 radical (unpaired) electrons. The van der Waals surface area contributed by atoms with Gasteiger partial charge in [0.2, 0.25) is 5.91 Å². The first-order valence-corrected chi connectivity index (χ1v) is 12.6. The molecule has 1 heterocycles. The monoisotopic (exact) mass is 497 g/mol. The van der Waals surface area contributed by atoms with Gasteiger partial charge in [0.15, 0.2) is 0 Å². The summed E-state index contributed by atoms with van der Waals surface area (Å²) in [5.74, 6) is 0.391. The van der Waals surface area contributed by atoms with Gasteiger partial charge in [0.25, 0.3) is 0 Å². The summed E-state index contributed by atoms with van der Waals surface area (Å²) in [5.41, 5.74) is 3.86. The van der Waals surface area contributed by atoms with E-state index in [4.69, 9.17) is 16.3 Å². The van der Waals surface area contributed by atoms with E-state index in [1.807, 2.05) is 24.5 Å². The van der Waals surface area contributed by atoms with Crippen LogP contribution in [0.3, 0.4) is 0 Å². The predicted octanol–water partition coefficient (Wildman–Crippen LogP) is 6.60. The topological polar surface area (TPSA) is 70.7 Å². The number of nitrogens with zero attached hydrogens (tertiary/aromatic N) is 1. The molecule has 4 rings (SSSR count). The van der Waals surface area contributed by atoms with Crippen LogP contribution in [-0.2, 0) is 10.2 Å². The normalized spacial score (nSPS) is 14.4. The van der Waals surface area contributed by atoms with Crippen LogP contribution in [0.1, 0.15) is 32.8 Å². The molecule has 1 fully saturated rings. The van der Waals surface area contributed by atoms with Crippen molar-refractivity contribution in [3.05, 3.63) is 53.1 Å². The van der Waals surface area contributed by atoms with Gasteiger partial charge in [-0.05, 0) is 46.0 Å². The SMILES string of the molecule is COc1c(C(C)(C)C)cc(N2CCC(=O)NC2=O)c(Cl)c1-c1ccc2cc(NSC)ccc2c1. The van der Waals surface area contributed by atoms with Gasteiger partial charge in [-0.1, -0.05) is 62.5 Å². The van der Waals surface area contributed by atoms with Crippen molar-refractivity contribution >= 4 is 57.6 Å². The van der Waals surface area contributed by atoms with Crippen LogP contribution in [0.5, 0.6) is 5.75 Å². The number of nitrogens with one attached hydrogen (secondary N) is 2. The number of carbonyl (C=O) groups is 2. The van der Waals surface area contributed by atoms with E-state index in [1.165, 1.54) is 4.90 Å². The second-order valence-corrected chi connectivity index (χ2v) is 10.2. The standard InChI is InChI=1S/C26H28ClN3O3S/c1-26(2,3)19-14-20(30-11-10-21(31)28-25(30)32)23(27)22(24(19)33-4)17-7-6-16-13-18(29-34-5)9-8-15(16)12-17/h6-9,12-14,29H,10-11H2,1-5H3,(H,28,31,32). The molecule has 0 spiro atoms. The smallest absolute Gasteiger partial charge is 0.328 e. The summed E-state index contributed by atoms with van der Waals surface area (Å²) in [6.45, 7) is 6.54. The third-order valence-electron chi connectivity index (χ3n) is 5.90. The zero-order chi connectivity index (χ0) is 24.6. The summed E-state index contributed by atoms with van der Waals surface area (Å²) in [7, 11) is 1.64. The second-order valence-electron chi connectivity index (χ2n) is 9.25. The van der Waals surface area contributed by atoms with E-state index in [2.05, 4.69) is 55.1 Å². The minimum Gasteiger partial charge on any atom is -0.496 e. The number of benzene rings is 3. The fraction of sp³-hybridized carbons (Fsp3) is 0.308. The first-order valence-electron chi connectivity index (χ1n) is 11.0. The number of ether oxygens (including phenoxy) is 1. The van der Waals surface area contributed by atoms with Crippen molar-refractivity contribution in [2.24, 2.45) is 0 Å². The molecule has 3 amide bonds. The Labute approximate surface area is 209 Å². The van der Waals surface area contributed by atoms with Crippen molar-refractivity contribution < 1.29 is 14.3 Å². The van der Waals surface area contributed by atoms with Crippen LogP contribution in [0.4, 0.5) is 16.2 Å². The molecule has 1 aliphatic rings. The number of amides is 3. The van der Waals surface area contributed by atoms with Crippen molar-refractivity contribution in [2.45, 2.75) is 32.6 Å². The summed E-state index contributed by atoms with van der Waals surface area (Å²) >= 11 is 8.55. The van der Waals surface area contributed by atoms with E-state index in [1.54, 1.807) is 19.1 Å². The molecule has 178 valence electrons. The van der Waals surface area contributed by atoms with Gasteiger partial charge in [0.1, 0.15) is 5.75 Å². The van der Waals surface area contributed by atoms with Gasteiger partial charge < -0.3 is 9.46 Å². The predicted molar refractivity (Wildman–Crippen MR) is 142 cm³/mol. The van der Waals surface area contributed by atoms with E-state index in [-0.39, 0.29) is 24.3 Å². The Bertz CT molecular complexity index is 1290. The molecule has 6 nitrogen and oxygen atoms in total. The lowest BCUT2D eigenvalue weighted by Crippen LogP contribution is -2.49. The van der Waals surface area contributed by atoms with Crippen molar-refractivity contribution in [3.63, 3.8) is 0 Å². The summed E-state index contributed by atoms with van der Waals surface area (Å²) in [5, 5.41) is 4.96. The van der Waals surface area contributed by atoms with Crippen LogP contribution >= 0.6 is 23.5 Å². The summed E-state index contributed by atoms with van der Waals surface area (Å²) in [4.78, 5) is 25.9. The van der Waals surface area contributed by atoms with Gasteiger partial charge in [0, 0.05) is 36.0 Å². The lowest BCUT2D eigenvalue weighted by atomic mass is 9.83. The minimum absolute atomic E-state index is 0.219. The number of fused-ring (bicyclic) bond motifs is 1. The summed E-state index contributed by atoms with van der Waals surface area (Å²) < 4.78 is 9.17. The van der Waals surface area contributed by atoms with Crippen molar-refractivity contribution in [2.75, 3.05) is 29.5 Å². The van der Waals surface area contributed by atoms with Gasteiger partial charge in [-0.25, -0.2) is 4.79 Å². The Morgan fingerprint density at radius 2 is 1.79 bits per heavy atom. The Hall–Kier alpha value is -2.90. The molecule has 8 heteroatoms. The first kappa shape index (κ1) is 24.2. The maximum Gasteiger partial charge on any atom is 0.328 e. The third kappa shape index (κ3) is 4.55. The van der Waals surface area contributed by atoms with Gasteiger partial charge in [-0.2, -0.15) is 0 Å². The highest BCUT2D eigenvalue weighted by molar-refractivity contribution is 7.99. The number of methoxy groups -OCH3 is 1. The Kier molecular flexibility index (Phi) is 6.69. The largest absolute Gasteiger partial charge is 0.496 e. The van der Waals surface area contributed by atoms with Crippen LogP contribution in [0.15, 0.2) is 42.5 Å². The van der Waals surface area contributed by atoms with E-state index >= 15 is 0 Å². The lowest BCUT2D eigenvalue weighted by molar-refractivity contribution is -0.120. The highest BCUT2D eigenvalue weighted by Gasteiger charge is 2.32. The average molecular weight is 498 g/mol. The molecule has 0 bridgehead atoms. The quantitative estimate of drug-likeness (QED) is 0.388. The molecular weight excluding hydrogens is 470 g/mol. The molecule has 34 heavy (non-hydrogen) atoms. The van der Waals surface area contributed by atoms with Crippen molar-refractivity contribution in [1.82, 2.24) is 5.32 Å². The van der Waals surface area contributed by atoms with Crippen LogP contribution < -0.4 is 19.7 Å². The molecule has 2 N–H and O–H groups in total. The number of hydrogen-bond acceptors (Lipinski definition) is 5. The van der Waals surface area contributed by atoms with Crippen LogP contribution in [0.2, 0.25) is 5.02 Å². The maximum atomic E-state index is 12.7. The number of hydrogen-bond donors (Lipinski definition) is 2. The summed E-state index contributed by atoms with van der Waals surface area (Å²) in [6, 6.07) is 13.8. The highest BCUT2D eigenvalue weighted by Crippen LogP contribution is 2.48. The molecule has 3 aromatic rings. The van der Waals surface area contributed by atoms with Gasteiger partial charge in [-0.15, -0.1) is 0 Å². The summed E-state index contributed by atoms with van der Waals surface area (Å²) in [6.07, 6.45) is 2.20. The Balaban J connectivity index is 1.94. The number of imide groups is 1. The average Bonchev–Trinajstić information content (AvgIpc) is 2.78. The maximum absolute atomic E-state index is 12.7. The van der Waals surface area contributed by atoms with Gasteiger partial charge >= 0.3 is 6.03 Å². The zero-order valence-electron chi connectivity index (χ0n) is 19.9. The Morgan fingerprint density at radius 1 is 1.09 bits per heavy atom. The highest BCUT2D eigenvalue weighted by atomic mass is 35.5. The molecule has 0 atom stereocenters. The van der Waals surface area contributed by atoms with Crippen molar-refractivity contribution in [1.29, 1.82) is 0 Å². The second kappa shape index (κ2) is 9.39. The Morgan fingerprint density at radius 3 is 2.44 bits per heavy atom. The van der Waals surface area contributed by atoms with Crippen LogP contribution in [-0.4, -0.2) is 31.8 Å². The minimum atomic E-state index is -0.471. The number of anilines is 2. The third-order valence-corrected chi connectivity index (χ3v) is 6.73. The first-order chi connectivity index (χ1) is 16.1. The molecule has 0 aromatic heterocycles. The van der Waals surface area contributed by atoms with Crippen LogP contribution in [0, 0.1) is 0 Å². The van der Waals surface area contributed by atoms with E-state index in [0.29, 0.717) is 16.5 Å². The van der Waals surface area contributed by atoms with Gasteiger partial charge in [0.05, 0.1) is 17.8 Å². The van der Waals surface area contributed by atoms with E-state index in [0.717, 1.165) is 33.2 Å². The number of urea groups is 1. The molecule has 0 saturated carbocycles. The fourth-order valence-corrected chi connectivity index (χ4v) is 4.94. The molecule has 0 unspecified atom stereocenters. The number of rotatable bonds is 5. The molecule has 1 saturated heterocycles. The molecule has 0 aliphatic carbocycles. The molecular formula is C26H28ClN3O3S.